The molecule has 0 amide bonds. The van der Waals surface area contributed by atoms with Crippen LogP contribution in [-0.2, 0) is 4.74 Å². The molecule has 3 aromatic rings. The van der Waals surface area contributed by atoms with Crippen LogP contribution in [0.25, 0.3) is 0 Å². The van der Waals surface area contributed by atoms with E-state index in [1.54, 1.807) is 30.3 Å². The number of hydrogen-bond donors (Lipinski definition) is 0. The fourth-order valence-electron chi connectivity index (χ4n) is 4.00. The van der Waals surface area contributed by atoms with Gasteiger partial charge in [-0.05, 0) is 48.0 Å². The van der Waals surface area contributed by atoms with Crippen LogP contribution in [0.3, 0.4) is 0 Å². The fraction of sp³-hybridized carbons (Fsp3) is 0.167. The summed E-state index contributed by atoms with van der Waals surface area (Å²) in [4.78, 5) is 11.8. The highest BCUT2D eigenvalue weighted by molar-refractivity contribution is 6.30. The summed E-state index contributed by atoms with van der Waals surface area (Å²) in [6.07, 6.45) is 0.155. The van der Waals surface area contributed by atoms with E-state index in [-0.39, 0.29) is 11.9 Å². The molecular formula is C24H18ClFN2O3. The Morgan fingerprint density at radius 3 is 2.58 bits per heavy atom. The van der Waals surface area contributed by atoms with Crippen LogP contribution < -0.4 is 4.74 Å². The summed E-state index contributed by atoms with van der Waals surface area (Å²) in [7, 11) is 1.35. The van der Waals surface area contributed by atoms with Crippen molar-refractivity contribution < 1.29 is 18.7 Å². The summed E-state index contributed by atoms with van der Waals surface area (Å²) < 4.78 is 24.5. The van der Waals surface area contributed by atoms with Crippen molar-refractivity contribution in [1.29, 1.82) is 0 Å². The van der Waals surface area contributed by atoms with Gasteiger partial charge in [-0.25, -0.2) is 14.2 Å². The molecule has 2 aliphatic heterocycles. The largest absolute Gasteiger partial charge is 0.465 e. The zero-order valence-corrected chi connectivity index (χ0v) is 17.3. The minimum Gasteiger partial charge on any atom is -0.465 e. The third kappa shape index (κ3) is 3.53. The first-order valence-electron chi connectivity index (χ1n) is 9.79. The highest BCUT2D eigenvalue weighted by Gasteiger charge is 2.41. The van der Waals surface area contributed by atoms with E-state index in [4.69, 9.17) is 26.2 Å². The van der Waals surface area contributed by atoms with Crippen molar-refractivity contribution in [2.45, 2.75) is 18.7 Å². The lowest BCUT2D eigenvalue weighted by Crippen LogP contribution is -2.33. The lowest BCUT2D eigenvalue weighted by molar-refractivity contribution is -0.0190. The summed E-state index contributed by atoms with van der Waals surface area (Å²) >= 11 is 6.26. The maximum atomic E-state index is 13.4. The maximum Gasteiger partial charge on any atom is 0.337 e. The van der Waals surface area contributed by atoms with Crippen LogP contribution in [0.15, 0.2) is 71.8 Å². The van der Waals surface area contributed by atoms with E-state index in [9.17, 15) is 9.18 Å². The molecule has 0 unspecified atom stereocenters. The number of benzene rings is 3. The molecule has 0 saturated carbocycles. The molecule has 0 radical (unpaired) electrons. The predicted molar refractivity (Wildman–Crippen MR) is 115 cm³/mol. The van der Waals surface area contributed by atoms with Crippen LogP contribution >= 0.6 is 11.6 Å². The normalized spacial score (nSPS) is 19.2. The summed E-state index contributed by atoms with van der Waals surface area (Å²) in [5.74, 6) is 0.0547. The van der Waals surface area contributed by atoms with E-state index in [0.717, 1.165) is 28.2 Å². The molecule has 2 atom stereocenters. The Morgan fingerprint density at radius 1 is 1.13 bits per heavy atom. The number of hydrogen-bond acceptors (Lipinski definition) is 5. The Labute approximate surface area is 183 Å². The smallest absolute Gasteiger partial charge is 0.337 e. The van der Waals surface area contributed by atoms with E-state index >= 15 is 0 Å². The number of rotatable bonds is 3. The van der Waals surface area contributed by atoms with Crippen molar-refractivity contribution >= 4 is 23.3 Å². The van der Waals surface area contributed by atoms with E-state index in [1.165, 1.54) is 19.2 Å². The summed E-state index contributed by atoms with van der Waals surface area (Å²) in [5, 5.41) is 7.37. The zero-order valence-electron chi connectivity index (χ0n) is 16.6. The van der Waals surface area contributed by atoms with Crippen LogP contribution in [0.5, 0.6) is 5.75 Å². The molecule has 31 heavy (non-hydrogen) atoms. The first-order valence-corrected chi connectivity index (χ1v) is 10.2. The van der Waals surface area contributed by atoms with Crippen LogP contribution in [0.1, 0.15) is 45.7 Å². The van der Waals surface area contributed by atoms with Crippen molar-refractivity contribution in [3.05, 3.63) is 99.8 Å². The topological polar surface area (TPSA) is 51.1 Å². The van der Waals surface area contributed by atoms with Crippen LogP contribution in [0.4, 0.5) is 4.39 Å². The van der Waals surface area contributed by atoms with Crippen molar-refractivity contribution in [2.24, 2.45) is 5.10 Å². The Bertz CT molecular complexity index is 1180. The van der Waals surface area contributed by atoms with Gasteiger partial charge >= 0.3 is 5.97 Å². The highest BCUT2D eigenvalue weighted by Crippen LogP contribution is 2.48. The Balaban J connectivity index is 1.55. The summed E-state index contributed by atoms with van der Waals surface area (Å²) in [6, 6.07) is 18.9. The Morgan fingerprint density at radius 2 is 1.87 bits per heavy atom. The van der Waals surface area contributed by atoms with Crippen molar-refractivity contribution in [2.75, 3.05) is 7.11 Å². The number of esters is 1. The van der Waals surface area contributed by atoms with Gasteiger partial charge in [0, 0.05) is 22.6 Å². The van der Waals surface area contributed by atoms with Crippen LogP contribution in [-0.4, -0.2) is 23.8 Å². The fourth-order valence-corrected chi connectivity index (χ4v) is 4.18. The Hall–Kier alpha value is -3.38. The average Bonchev–Trinajstić information content (AvgIpc) is 3.24. The van der Waals surface area contributed by atoms with E-state index < -0.39 is 12.2 Å². The number of fused-ring (bicyclic) bond motifs is 3. The van der Waals surface area contributed by atoms with Gasteiger partial charge in [0.1, 0.15) is 11.6 Å². The minimum absolute atomic E-state index is 0.0761. The van der Waals surface area contributed by atoms with Crippen molar-refractivity contribution in [3.8, 4) is 5.75 Å². The average molecular weight is 437 g/mol. The number of halogens is 2. The Kier molecular flexibility index (Phi) is 4.87. The lowest BCUT2D eigenvalue weighted by Gasteiger charge is -2.38. The molecule has 0 bridgehead atoms. The first kappa shape index (κ1) is 19.6. The monoisotopic (exact) mass is 436 g/mol. The number of ether oxygens (including phenoxy) is 2. The van der Waals surface area contributed by atoms with Crippen molar-refractivity contribution in [3.63, 3.8) is 0 Å². The molecule has 0 saturated heterocycles. The number of carbonyl (C=O) groups is 1. The molecule has 0 N–H and O–H groups in total. The van der Waals surface area contributed by atoms with Gasteiger partial charge in [-0.15, -0.1) is 0 Å². The van der Waals surface area contributed by atoms with Gasteiger partial charge < -0.3 is 9.47 Å². The molecule has 0 spiro atoms. The molecule has 0 fully saturated rings. The van der Waals surface area contributed by atoms with Gasteiger partial charge in [0.05, 0.1) is 24.4 Å². The van der Waals surface area contributed by atoms with Gasteiger partial charge in [0.2, 0.25) is 6.23 Å². The molecule has 156 valence electrons. The molecule has 5 nitrogen and oxygen atoms in total. The number of carbonyl (C=O) groups excluding carboxylic acids is 1. The van der Waals surface area contributed by atoms with Gasteiger partial charge in [-0.2, -0.15) is 5.10 Å². The van der Waals surface area contributed by atoms with Gasteiger partial charge in [0.25, 0.3) is 0 Å². The lowest BCUT2D eigenvalue weighted by atomic mass is 9.96. The zero-order chi connectivity index (χ0) is 21.5. The third-order valence-corrected chi connectivity index (χ3v) is 5.78. The van der Waals surface area contributed by atoms with Gasteiger partial charge in [0.15, 0.2) is 0 Å². The second-order valence-corrected chi connectivity index (χ2v) is 7.86. The standard InChI is InChI=1S/C24H18ClFN2O3/c1-30-24(29)16-4-2-15(3-5-16)23-28-21(19-12-17(25)8-11-22(19)31-23)13-20(27-28)14-6-9-18(26)10-7-14/h2-12,21,23H,13H2,1H3/t21-,23+/m0/s1. The van der Waals surface area contributed by atoms with Crippen molar-refractivity contribution in [1.82, 2.24) is 5.01 Å². The molecule has 5 rings (SSSR count). The third-order valence-electron chi connectivity index (χ3n) is 5.55. The molecule has 0 aliphatic carbocycles. The maximum absolute atomic E-state index is 13.4. The van der Waals surface area contributed by atoms with Gasteiger partial charge in [-0.3, -0.25) is 0 Å². The quantitative estimate of drug-likeness (QED) is 0.508. The molecule has 3 aromatic carbocycles. The number of nitrogens with zero attached hydrogens (tertiary/aromatic N) is 2. The van der Waals surface area contributed by atoms with Crippen LogP contribution in [0.2, 0.25) is 5.02 Å². The van der Waals surface area contributed by atoms with Gasteiger partial charge in [-0.1, -0.05) is 35.9 Å². The van der Waals surface area contributed by atoms with E-state index in [1.807, 2.05) is 29.3 Å². The predicted octanol–water partition coefficient (Wildman–Crippen LogP) is 5.51. The SMILES string of the molecule is COC(=O)c1ccc([C@H]2Oc3ccc(Cl)cc3[C@@H]3CC(c4ccc(F)cc4)=NN23)cc1. The molecule has 2 heterocycles. The second kappa shape index (κ2) is 7.71. The molecule has 0 aromatic heterocycles. The molecule has 2 aliphatic rings. The highest BCUT2D eigenvalue weighted by atomic mass is 35.5. The van der Waals surface area contributed by atoms with Crippen LogP contribution in [0, 0.1) is 5.82 Å². The molecular weight excluding hydrogens is 419 g/mol. The first-order chi connectivity index (χ1) is 15.0. The summed E-state index contributed by atoms with van der Waals surface area (Å²) in [6.45, 7) is 0. The number of methoxy groups -OCH3 is 1. The second-order valence-electron chi connectivity index (χ2n) is 7.42. The minimum atomic E-state index is -0.483. The van der Waals surface area contributed by atoms with E-state index in [0.29, 0.717) is 17.0 Å². The molecule has 7 heteroatoms. The van der Waals surface area contributed by atoms with E-state index in [2.05, 4.69) is 0 Å². The number of hydrazone groups is 1. The summed E-state index contributed by atoms with van der Waals surface area (Å²) in [5.41, 5.74) is 3.97.